The molecule has 3 fully saturated rings. The van der Waals surface area contributed by atoms with Crippen molar-refractivity contribution in [2.24, 2.45) is 11.8 Å². The van der Waals surface area contributed by atoms with E-state index >= 15 is 0 Å². The van der Waals surface area contributed by atoms with E-state index in [1.807, 2.05) is 0 Å². The fraction of sp³-hybridized carbons (Fsp3) is 1.00. The fourth-order valence-electron chi connectivity index (χ4n) is 4.17. The van der Waals surface area contributed by atoms with Crippen LogP contribution in [-0.2, 0) is 4.74 Å². The Balaban J connectivity index is 1.69. The molecular formula is C14H26N2O. The molecule has 17 heavy (non-hydrogen) atoms. The van der Waals surface area contributed by atoms with E-state index in [1.54, 1.807) is 0 Å². The molecule has 3 aliphatic rings. The van der Waals surface area contributed by atoms with Gasteiger partial charge in [-0.25, -0.2) is 0 Å². The van der Waals surface area contributed by atoms with Crippen molar-refractivity contribution in [2.75, 3.05) is 26.2 Å². The van der Waals surface area contributed by atoms with Crippen molar-refractivity contribution in [3.63, 3.8) is 0 Å². The summed E-state index contributed by atoms with van der Waals surface area (Å²) >= 11 is 0. The van der Waals surface area contributed by atoms with Gasteiger partial charge in [-0.3, -0.25) is 4.90 Å². The molecule has 3 aliphatic heterocycles. The summed E-state index contributed by atoms with van der Waals surface area (Å²) in [6.45, 7) is 11.6. The maximum atomic E-state index is 5.85. The highest BCUT2D eigenvalue weighted by Gasteiger charge is 2.45. The molecule has 3 nitrogen and oxygen atoms in total. The molecular weight excluding hydrogens is 212 g/mol. The summed E-state index contributed by atoms with van der Waals surface area (Å²) in [5.74, 6) is 1.79. The molecule has 1 N–H and O–H groups in total. The summed E-state index contributed by atoms with van der Waals surface area (Å²) in [6.07, 6.45) is 2.42. The molecule has 3 heterocycles. The fourth-order valence-corrected chi connectivity index (χ4v) is 4.17. The van der Waals surface area contributed by atoms with Crippen LogP contribution in [0.1, 0.15) is 33.6 Å². The number of likely N-dealkylation sites (tertiary alicyclic amines) is 1. The first-order valence-corrected chi connectivity index (χ1v) is 7.17. The second-order valence-electron chi connectivity index (χ2n) is 6.77. The van der Waals surface area contributed by atoms with Crippen LogP contribution in [0.2, 0.25) is 0 Å². The molecule has 0 amide bonds. The lowest BCUT2D eigenvalue weighted by Crippen LogP contribution is -2.48. The van der Waals surface area contributed by atoms with Crippen LogP contribution in [0.15, 0.2) is 0 Å². The number of hydrogen-bond donors (Lipinski definition) is 1. The van der Waals surface area contributed by atoms with Crippen molar-refractivity contribution >= 4 is 0 Å². The minimum atomic E-state index is 0.0819. The summed E-state index contributed by atoms with van der Waals surface area (Å²) in [6, 6.07) is 1.51. The number of rotatable bonds is 1. The van der Waals surface area contributed by atoms with Crippen LogP contribution in [0, 0.1) is 11.8 Å². The predicted molar refractivity (Wildman–Crippen MR) is 69.1 cm³/mol. The van der Waals surface area contributed by atoms with Crippen molar-refractivity contribution in [3.8, 4) is 0 Å². The van der Waals surface area contributed by atoms with E-state index in [4.69, 9.17) is 4.74 Å². The van der Waals surface area contributed by atoms with E-state index in [0.29, 0.717) is 0 Å². The van der Waals surface area contributed by atoms with Crippen molar-refractivity contribution in [3.05, 3.63) is 0 Å². The Bertz CT molecular complexity index is 292. The zero-order valence-corrected chi connectivity index (χ0v) is 11.4. The summed E-state index contributed by atoms with van der Waals surface area (Å²) < 4.78 is 5.85. The van der Waals surface area contributed by atoms with Gasteiger partial charge in [-0.2, -0.15) is 0 Å². The monoisotopic (exact) mass is 238 g/mol. The first kappa shape index (κ1) is 11.9. The van der Waals surface area contributed by atoms with Gasteiger partial charge in [0.05, 0.1) is 5.60 Å². The smallest absolute Gasteiger partial charge is 0.0641 e. The SMILES string of the molecule is CC1C2CNCC2CN1C1CCOC(C)(C)C1. The summed E-state index contributed by atoms with van der Waals surface area (Å²) in [5, 5.41) is 3.54. The van der Waals surface area contributed by atoms with Crippen LogP contribution in [-0.4, -0.2) is 48.8 Å². The largest absolute Gasteiger partial charge is 0.375 e. The maximum absolute atomic E-state index is 5.85. The van der Waals surface area contributed by atoms with Gasteiger partial charge in [-0.1, -0.05) is 0 Å². The first-order valence-electron chi connectivity index (χ1n) is 7.17. The van der Waals surface area contributed by atoms with Gasteiger partial charge in [0.15, 0.2) is 0 Å². The van der Waals surface area contributed by atoms with E-state index in [0.717, 1.165) is 30.5 Å². The number of hydrogen-bond acceptors (Lipinski definition) is 3. The second-order valence-corrected chi connectivity index (χ2v) is 6.77. The molecule has 3 rings (SSSR count). The van der Waals surface area contributed by atoms with Gasteiger partial charge in [-0.05, 0) is 58.5 Å². The zero-order chi connectivity index (χ0) is 12.0. The van der Waals surface area contributed by atoms with Crippen molar-refractivity contribution < 1.29 is 4.74 Å². The molecule has 0 radical (unpaired) electrons. The summed E-state index contributed by atoms with van der Waals surface area (Å²) in [5.41, 5.74) is 0.0819. The third-order valence-corrected chi connectivity index (χ3v) is 5.12. The van der Waals surface area contributed by atoms with E-state index in [9.17, 15) is 0 Å². The van der Waals surface area contributed by atoms with Gasteiger partial charge in [0, 0.05) is 25.2 Å². The Morgan fingerprint density at radius 3 is 2.82 bits per heavy atom. The van der Waals surface area contributed by atoms with Gasteiger partial charge >= 0.3 is 0 Å². The summed E-state index contributed by atoms with van der Waals surface area (Å²) in [7, 11) is 0. The van der Waals surface area contributed by atoms with Gasteiger partial charge < -0.3 is 10.1 Å². The predicted octanol–water partition coefficient (Wildman–Crippen LogP) is 1.48. The van der Waals surface area contributed by atoms with Crippen LogP contribution in [0.5, 0.6) is 0 Å². The van der Waals surface area contributed by atoms with Crippen LogP contribution < -0.4 is 5.32 Å². The van der Waals surface area contributed by atoms with Crippen molar-refractivity contribution in [1.82, 2.24) is 10.2 Å². The molecule has 4 atom stereocenters. The lowest BCUT2D eigenvalue weighted by Gasteiger charge is -2.42. The van der Waals surface area contributed by atoms with E-state index < -0.39 is 0 Å². The quantitative estimate of drug-likeness (QED) is 0.749. The number of ether oxygens (including phenoxy) is 1. The molecule has 0 aromatic carbocycles. The highest BCUT2D eigenvalue weighted by Crippen LogP contribution is 2.37. The number of nitrogens with one attached hydrogen (secondary N) is 1. The topological polar surface area (TPSA) is 24.5 Å². The third kappa shape index (κ3) is 2.13. The molecule has 0 aromatic rings. The van der Waals surface area contributed by atoms with Gasteiger partial charge in [0.25, 0.3) is 0 Å². The van der Waals surface area contributed by atoms with Crippen LogP contribution in [0.4, 0.5) is 0 Å². The normalized spacial score (nSPS) is 46.1. The Morgan fingerprint density at radius 2 is 2.12 bits per heavy atom. The summed E-state index contributed by atoms with van der Waals surface area (Å²) in [4.78, 5) is 2.78. The van der Waals surface area contributed by atoms with Gasteiger partial charge in [0.2, 0.25) is 0 Å². The van der Waals surface area contributed by atoms with Gasteiger partial charge in [-0.15, -0.1) is 0 Å². The lowest BCUT2D eigenvalue weighted by molar-refractivity contribution is -0.0854. The average Bonchev–Trinajstić information content (AvgIpc) is 2.80. The van der Waals surface area contributed by atoms with Crippen molar-refractivity contribution in [1.29, 1.82) is 0 Å². The Kier molecular flexibility index (Phi) is 2.96. The number of nitrogens with zero attached hydrogens (tertiary/aromatic N) is 1. The average molecular weight is 238 g/mol. The molecule has 0 saturated carbocycles. The van der Waals surface area contributed by atoms with E-state index in [2.05, 4.69) is 31.0 Å². The van der Waals surface area contributed by atoms with Crippen molar-refractivity contribution in [2.45, 2.75) is 51.3 Å². The Morgan fingerprint density at radius 1 is 1.29 bits per heavy atom. The van der Waals surface area contributed by atoms with E-state index in [1.165, 1.54) is 32.5 Å². The Hall–Kier alpha value is -0.120. The lowest BCUT2D eigenvalue weighted by atomic mass is 9.91. The molecule has 0 spiro atoms. The minimum absolute atomic E-state index is 0.0819. The second kappa shape index (κ2) is 4.22. The van der Waals surface area contributed by atoms with Crippen LogP contribution in [0.3, 0.4) is 0 Å². The minimum Gasteiger partial charge on any atom is -0.375 e. The Labute approximate surface area is 105 Å². The maximum Gasteiger partial charge on any atom is 0.0641 e. The molecule has 3 heteroatoms. The highest BCUT2D eigenvalue weighted by atomic mass is 16.5. The van der Waals surface area contributed by atoms with E-state index in [-0.39, 0.29) is 5.60 Å². The highest BCUT2D eigenvalue weighted by molar-refractivity contribution is 5.00. The first-order chi connectivity index (χ1) is 8.07. The number of fused-ring (bicyclic) bond motifs is 1. The molecule has 0 bridgehead atoms. The van der Waals surface area contributed by atoms with Crippen LogP contribution >= 0.6 is 0 Å². The van der Waals surface area contributed by atoms with Gasteiger partial charge in [0.1, 0.15) is 0 Å². The molecule has 0 aliphatic carbocycles. The molecule has 4 unspecified atom stereocenters. The van der Waals surface area contributed by atoms with Crippen LogP contribution in [0.25, 0.3) is 0 Å². The zero-order valence-electron chi connectivity index (χ0n) is 11.4. The molecule has 0 aromatic heterocycles. The third-order valence-electron chi connectivity index (χ3n) is 5.12. The molecule has 3 saturated heterocycles. The standard InChI is InChI=1S/C14H26N2O/c1-10-13-8-15-7-11(13)9-16(10)12-4-5-17-14(2,3)6-12/h10-13,15H,4-9H2,1-3H3. The molecule has 98 valence electrons.